The second-order valence-corrected chi connectivity index (χ2v) is 4.51. The molecule has 0 aromatic heterocycles. The van der Waals surface area contributed by atoms with E-state index in [9.17, 15) is 4.79 Å². The van der Waals surface area contributed by atoms with Crippen LogP contribution in [0.1, 0.15) is 64.2 Å². The summed E-state index contributed by atoms with van der Waals surface area (Å²) >= 11 is 0. The lowest BCUT2D eigenvalue weighted by Crippen LogP contribution is -2.25. The van der Waals surface area contributed by atoms with Gasteiger partial charge in [0.05, 0.1) is 6.61 Å². The van der Waals surface area contributed by atoms with Gasteiger partial charge in [-0.3, -0.25) is 4.79 Å². The molecule has 3 nitrogen and oxygen atoms in total. The van der Waals surface area contributed by atoms with Gasteiger partial charge in [-0.25, -0.2) is 0 Å². The van der Waals surface area contributed by atoms with E-state index >= 15 is 0 Å². The zero-order valence-electron chi connectivity index (χ0n) is 11.0. The first-order valence-corrected chi connectivity index (χ1v) is 6.98. The van der Waals surface area contributed by atoms with Gasteiger partial charge in [0.2, 0.25) is 5.91 Å². The summed E-state index contributed by atoms with van der Waals surface area (Å²) in [7, 11) is 0. The normalized spacial score (nSPS) is 10.5. The van der Waals surface area contributed by atoms with Crippen LogP contribution in [-0.2, 0) is 4.79 Å². The van der Waals surface area contributed by atoms with Gasteiger partial charge in [0, 0.05) is 13.0 Å². The topological polar surface area (TPSA) is 49.3 Å². The summed E-state index contributed by atoms with van der Waals surface area (Å²) < 4.78 is 0. The van der Waals surface area contributed by atoms with Crippen LogP contribution in [0.3, 0.4) is 0 Å². The van der Waals surface area contributed by atoms with E-state index in [0.29, 0.717) is 13.0 Å². The van der Waals surface area contributed by atoms with E-state index in [4.69, 9.17) is 5.11 Å². The molecule has 0 atom stereocenters. The molecule has 0 aliphatic rings. The van der Waals surface area contributed by atoms with Crippen LogP contribution in [0.2, 0.25) is 0 Å². The molecule has 3 heteroatoms. The van der Waals surface area contributed by atoms with Crippen molar-refractivity contribution < 1.29 is 9.90 Å². The van der Waals surface area contributed by atoms with Gasteiger partial charge in [-0.15, -0.1) is 0 Å². The lowest BCUT2D eigenvalue weighted by molar-refractivity contribution is -0.121. The summed E-state index contributed by atoms with van der Waals surface area (Å²) in [4.78, 5) is 11.2. The summed E-state index contributed by atoms with van der Waals surface area (Å²) in [6.45, 7) is 4.24. The predicted octanol–water partition coefficient (Wildman–Crippen LogP) is 2.83. The standard InChI is InChI=1S/C14H28NO2/c1-2-3-4-5-6-7-8-9-10-11-14(17)15-12-13-16/h16H,1-13H2,(H,15,17). The number of carbonyl (C=O) groups is 1. The molecule has 0 saturated heterocycles. The Labute approximate surface area is 106 Å². The molecule has 0 bridgehead atoms. The molecule has 0 spiro atoms. The van der Waals surface area contributed by atoms with Crippen LogP contribution >= 0.6 is 0 Å². The lowest BCUT2D eigenvalue weighted by atomic mass is 10.1. The molecule has 0 aromatic rings. The number of aliphatic hydroxyl groups is 1. The third-order valence-corrected chi connectivity index (χ3v) is 2.84. The van der Waals surface area contributed by atoms with Gasteiger partial charge in [0.25, 0.3) is 0 Å². The van der Waals surface area contributed by atoms with Crippen LogP contribution in [0.5, 0.6) is 0 Å². The average molecular weight is 242 g/mol. The molecule has 0 unspecified atom stereocenters. The number of carbonyl (C=O) groups excluding carboxylic acids is 1. The van der Waals surface area contributed by atoms with Crippen LogP contribution in [0.4, 0.5) is 0 Å². The molecule has 0 fully saturated rings. The maximum absolute atomic E-state index is 11.2. The summed E-state index contributed by atoms with van der Waals surface area (Å²) in [6.07, 6.45) is 11.5. The van der Waals surface area contributed by atoms with Gasteiger partial charge in [-0.2, -0.15) is 0 Å². The van der Waals surface area contributed by atoms with Crippen LogP contribution in [-0.4, -0.2) is 24.2 Å². The molecule has 101 valence electrons. The minimum Gasteiger partial charge on any atom is -0.395 e. The van der Waals surface area contributed by atoms with E-state index < -0.39 is 0 Å². The number of aliphatic hydroxyl groups excluding tert-OH is 1. The van der Waals surface area contributed by atoms with Gasteiger partial charge in [-0.05, 0) is 6.42 Å². The quantitative estimate of drug-likeness (QED) is 0.517. The summed E-state index contributed by atoms with van der Waals surface area (Å²) in [5.41, 5.74) is 0. The highest BCUT2D eigenvalue weighted by molar-refractivity contribution is 5.75. The molecule has 0 aliphatic carbocycles. The Morgan fingerprint density at radius 1 is 0.941 bits per heavy atom. The molecular formula is C14H28NO2. The number of unbranched alkanes of at least 4 members (excludes halogenated alkanes) is 8. The Balaban J connectivity index is 3.05. The van der Waals surface area contributed by atoms with Crippen molar-refractivity contribution in [1.82, 2.24) is 5.32 Å². The van der Waals surface area contributed by atoms with Crippen molar-refractivity contribution in [3.63, 3.8) is 0 Å². The van der Waals surface area contributed by atoms with Crippen molar-refractivity contribution in [1.29, 1.82) is 0 Å². The second-order valence-electron chi connectivity index (χ2n) is 4.51. The molecule has 0 aliphatic heterocycles. The Hall–Kier alpha value is -0.570. The predicted molar refractivity (Wildman–Crippen MR) is 71.6 cm³/mol. The highest BCUT2D eigenvalue weighted by atomic mass is 16.3. The number of nitrogens with one attached hydrogen (secondary N) is 1. The fraction of sp³-hybridized carbons (Fsp3) is 0.857. The molecule has 1 amide bonds. The third-order valence-electron chi connectivity index (χ3n) is 2.84. The molecule has 17 heavy (non-hydrogen) atoms. The summed E-state index contributed by atoms with van der Waals surface area (Å²) in [5, 5.41) is 11.2. The van der Waals surface area contributed by atoms with Gasteiger partial charge >= 0.3 is 0 Å². The van der Waals surface area contributed by atoms with E-state index in [1.54, 1.807) is 0 Å². The summed E-state index contributed by atoms with van der Waals surface area (Å²) in [6, 6.07) is 0. The van der Waals surface area contributed by atoms with Crippen LogP contribution < -0.4 is 5.32 Å². The minimum atomic E-state index is 0.0268. The number of amides is 1. The van der Waals surface area contributed by atoms with E-state index in [0.717, 1.165) is 19.3 Å². The Morgan fingerprint density at radius 2 is 1.47 bits per heavy atom. The fourth-order valence-corrected chi connectivity index (χ4v) is 1.81. The summed E-state index contributed by atoms with van der Waals surface area (Å²) in [5.74, 6) is 0.0643. The first kappa shape index (κ1) is 16.4. The molecule has 0 aromatic carbocycles. The largest absolute Gasteiger partial charge is 0.395 e. The Kier molecular flexibility index (Phi) is 13.0. The van der Waals surface area contributed by atoms with Gasteiger partial charge in [-0.1, -0.05) is 58.3 Å². The fourth-order valence-electron chi connectivity index (χ4n) is 1.81. The Morgan fingerprint density at radius 3 is 2.00 bits per heavy atom. The van der Waals surface area contributed by atoms with Crippen molar-refractivity contribution in [3.8, 4) is 0 Å². The van der Waals surface area contributed by atoms with Crippen LogP contribution in [0.25, 0.3) is 0 Å². The van der Waals surface area contributed by atoms with Gasteiger partial charge in [0.15, 0.2) is 0 Å². The van der Waals surface area contributed by atoms with E-state index in [-0.39, 0.29) is 12.5 Å². The number of hydrogen-bond acceptors (Lipinski definition) is 2. The molecule has 0 rings (SSSR count). The first-order valence-electron chi connectivity index (χ1n) is 6.98. The van der Waals surface area contributed by atoms with Crippen LogP contribution in [0.15, 0.2) is 0 Å². The molecule has 0 saturated carbocycles. The monoisotopic (exact) mass is 242 g/mol. The number of rotatable bonds is 12. The first-order chi connectivity index (χ1) is 8.31. The highest BCUT2D eigenvalue weighted by Crippen LogP contribution is 2.10. The van der Waals surface area contributed by atoms with Crippen molar-refractivity contribution in [2.75, 3.05) is 13.2 Å². The molecule has 0 heterocycles. The average Bonchev–Trinajstić information content (AvgIpc) is 2.34. The van der Waals surface area contributed by atoms with Crippen molar-refractivity contribution in [2.45, 2.75) is 64.2 Å². The lowest BCUT2D eigenvalue weighted by Gasteiger charge is -2.03. The van der Waals surface area contributed by atoms with Crippen molar-refractivity contribution in [2.24, 2.45) is 0 Å². The number of hydrogen-bond donors (Lipinski definition) is 2. The third kappa shape index (κ3) is 13.4. The van der Waals surface area contributed by atoms with E-state index in [1.807, 2.05) is 0 Å². The second kappa shape index (κ2) is 13.5. The van der Waals surface area contributed by atoms with E-state index in [1.165, 1.54) is 38.5 Å². The van der Waals surface area contributed by atoms with Gasteiger partial charge in [0.1, 0.15) is 0 Å². The SMILES string of the molecule is [CH2]CCCCCCCCCCC(=O)NCCO. The van der Waals surface area contributed by atoms with Crippen molar-refractivity contribution >= 4 is 5.91 Å². The minimum absolute atomic E-state index is 0.0268. The van der Waals surface area contributed by atoms with Gasteiger partial charge < -0.3 is 10.4 Å². The van der Waals surface area contributed by atoms with Crippen molar-refractivity contribution in [3.05, 3.63) is 6.92 Å². The maximum atomic E-state index is 11.2. The van der Waals surface area contributed by atoms with E-state index in [2.05, 4.69) is 12.2 Å². The maximum Gasteiger partial charge on any atom is 0.220 e. The smallest absolute Gasteiger partial charge is 0.220 e. The van der Waals surface area contributed by atoms with Crippen LogP contribution in [0, 0.1) is 6.92 Å². The zero-order chi connectivity index (χ0) is 12.8. The molecule has 2 N–H and O–H groups in total. The highest BCUT2D eigenvalue weighted by Gasteiger charge is 1.99. The molecule has 1 radical (unpaired) electrons. The Bertz CT molecular complexity index is 172. The zero-order valence-corrected chi connectivity index (χ0v) is 11.0. The molecular weight excluding hydrogens is 214 g/mol.